The Morgan fingerprint density at radius 3 is 2.10 bits per heavy atom. The van der Waals surface area contributed by atoms with E-state index in [0.29, 0.717) is 5.92 Å². The maximum atomic E-state index is 13.0. The Morgan fingerprint density at radius 2 is 1.62 bits per heavy atom. The molecule has 1 aromatic carbocycles. The fourth-order valence-corrected chi connectivity index (χ4v) is 3.06. The molecule has 0 N–H and O–H groups in total. The van der Waals surface area contributed by atoms with E-state index < -0.39 is 11.7 Å². The monoisotopic (exact) mass is 299 g/mol. The van der Waals surface area contributed by atoms with E-state index >= 15 is 0 Å². The highest BCUT2D eigenvalue weighted by molar-refractivity contribution is 5.40. The third kappa shape index (κ3) is 3.79. The third-order valence-corrected chi connectivity index (χ3v) is 4.35. The maximum Gasteiger partial charge on any atom is 0.416 e. The summed E-state index contributed by atoms with van der Waals surface area (Å²) >= 11 is 0. The Hall–Kier alpha value is -1.03. The van der Waals surface area contributed by atoms with Gasteiger partial charge in [0, 0.05) is 0 Å². The van der Waals surface area contributed by atoms with Crippen LogP contribution in [0.1, 0.15) is 56.2 Å². The molecule has 1 nitrogen and oxygen atoms in total. The van der Waals surface area contributed by atoms with Gasteiger partial charge in [-0.3, -0.25) is 0 Å². The van der Waals surface area contributed by atoms with Crippen molar-refractivity contribution < 1.29 is 13.2 Å². The lowest BCUT2D eigenvalue weighted by molar-refractivity contribution is -0.137. The van der Waals surface area contributed by atoms with Gasteiger partial charge in [-0.15, -0.1) is 0 Å². The number of hydrogen-bond acceptors (Lipinski definition) is 1. The highest BCUT2D eigenvalue weighted by Crippen LogP contribution is 2.39. The lowest BCUT2D eigenvalue weighted by atomic mass is 9.77. The van der Waals surface area contributed by atoms with Crippen LogP contribution in [-0.4, -0.2) is 25.0 Å². The molecule has 0 bridgehead atoms. The topological polar surface area (TPSA) is 3.24 Å². The van der Waals surface area contributed by atoms with E-state index in [1.807, 2.05) is 20.8 Å². The molecule has 2 rings (SSSR count). The van der Waals surface area contributed by atoms with Crippen LogP contribution in [0.15, 0.2) is 18.2 Å². The van der Waals surface area contributed by atoms with Gasteiger partial charge < -0.3 is 4.90 Å². The largest absolute Gasteiger partial charge is 0.416 e. The Morgan fingerprint density at radius 1 is 1.05 bits per heavy atom. The molecule has 1 aliphatic rings. The lowest BCUT2D eigenvalue weighted by Gasteiger charge is -2.33. The summed E-state index contributed by atoms with van der Waals surface area (Å²) in [6.45, 7) is 7.98. The van der Waals surface area contributed by atoms with Crippen LogP contribution in [0, 0.1) is 0 Å². The Kier molecular flexibility index (Phi) is 4.39. The molecular formula is C17H24F3N. The van der Waals surface area contributed by atoms with E-state index in [0.717, 1.165) is 37.1 Å². The molecule has 1 saturated heterocycles. The summed E-state index contributed by atoms with van der Waals surface area (Å²) in [6, 6.07) is 4.30. The SMILES string of the molecule is CN1CCC(c2ccc(C(F)(F)F)cc2C(C)(C)C)CC1. The normalized spacial score (nSPS) is 19.0. The van der Waals surface area contributed by atoms with E-state index in [1.54, 1.807) is 6.07 Å². The average molecular weight is 299 g/mol. The van der Waals surface area contributed by atoms with Gasteiger partial charge in [0.2, 0.25) is 0 Å². The molecular weight excluding hydrogens is 275 g/mol. The van der Waals surface area contributed by atoms with Gasteiger partial charge in [0.15, 0.2) is 0 Å². The van der Waals surface area contributed by atoms with Crippen molar-refractivity contribution in [2.24, 2.45) is 0 Å². The molecule has 1 fully saturated rings. The molecule has 0 aliphatic carbocycles. The van der Waals surface area contributed by atoms with Crippen molar-refractivity contribution in [2.75, 3.05) is 20.1 Å². The average Bonchev–Trinajstić information content (AvgIpc) is 2.37. The van der Waals surface area contributed by atoms with Gasteiger partial charge in [0.1, 0.15) is 0 Å². The Bertz CT molecular complexity index is 492. The van der Waals surface area contributed by atoms with Crippen LogP contribution >= 0.6 is 0 Å². The van der Waals surface area contributed by atoms with E-state index in [9.17, 15) is 13.2 Å². The van der Waals surface area contributed by atoms with Crippen LogP contribution in [0.5, 0.6) is 0 Å². The van der Waals surface area contributed by atoms with Crippen LogP contribution < -0.4 is 0 Å². The second-order valence-electron chi connectivity index (χ2n) is 7.13. The number of halogens is 3. The number of rotatable bonds is 1. The molecule has 0 aromatic heterocycles. The number of hydrogen-bond donors (Lipinski definition) is 0. The van der Waals surface area contributed by atoms with E-state index in [2.05, 4.69) is 11.9 Å². The number of nitrogens with zero attached hydrogens (tertiary/aromatic N) is 1. The fraction of sp³-hybridized carbons (Fsp3) is 0.647. The van der Waals surface area contributed by atoms with Crippen molar-refractivity contribution in [1.82, 2.24) is 4.90 Å². The molecule has 0 atom stereocenters. The Balaban J connectivity index is 2.41. The molecule has 0 radical (unpaired) electrons. The predicted octanol–water partition coefficient (Wildman–Crippen LogP) is 4.81. The molecule has 1 aliphatic heterocycles. The van der Waals surface area contributed by atoms with Crippen molar-refractivity contribution in [1.29, 1.82) is 0 Å². The van der Waals surface area contributed by atoms with Gasteiger partial charge in [-0.25, -0.2) is 0 Å². The van der Waals surface area contributed by atoms with Crippen molar-refractivity contribution in [2.45, 2.75) is 51.1 Å². The molecule has 118 valence electrons. The van der Waals surface area contributed by atoms with Crippen LogP contribution in [-0.2, 0) is 11.6 Å². The van der Waals surface area contributed by atoms with Crippen LogP contribution in [0.3, 0.4) is 0 Å². The lowest BCUT2D eigenvalue weighted by Crippen LogP contribution is -2.30. The summed E-state index contributed by atoms with van der Waals surface area (Å²) in [5, 5.41) is 0. The molecule has 0 amide bonds. The Labute approximate surface area is 125 Å². The summed E-state index contributed by atoms with van der Waals surface area (Å²) in [6.07, 6.45) is -2.23. The van der Waals surface area contributed by atoms with Crippen LogP contribution in [0.2, 0.25) is 0 Å². The first-order valence-corrected chi connectivity index (χ1v) is 7.49. The molecule has 0 saturated carbocycles. The standard InChI is InChI=1S/C17H24F3N/c1-16(2,3)15-11-13(17(18,19)20)5-6-14(15)12-7-9-21(4)10-8-12/h5-6,11-12H,7-10H2,1-4H3. The minimum absolute atomic E-state index is 0.278. The summed E-state index contributed by atoms with van der Waals surface area (Å²) in [4.78, 5) is 2.28. The minimum Gasteiger partial charge on any atom is -0.306 e. The molecule has 1 aromatic rings. The zero-order valence-electron chi connectivity index (χ0n) is 13.2. The molecule has 0 spiro atoms. The molecule has 21 heavy (non-hydrogen) atoms. The fourth-order valence-electron chi connectivity index (χ4n) is 3.06. The number of benzene rings is 1. The third-order valence-electron chi connectivity index (χ3n) is 4.35. The maximum absolute atomic E-state index is 13.0. The first-order chi connectivity index (χ1) is 9.59. The molecule has 1 heterocycles. The number of alkyl halides is 3. The summed E-state index contributed by atoms with van der Waals surface area (Å²) in [7, 11) is 2.09. The van der Waals surface area contributed by atoms with Gasteiger partial charge in [-0.05, 0) is 67.6 Å². The summed E-state index contributed by atoms with van der Waals surface area (Å²) in [5.41, 5.74) is 1.12. The highest BCUT2D eigenvalue weighted by atomic mass is 19.4. The van der Waals surface area contributed by atoms with Crippen molar-refractivity contribution in [3.63, 3.8) is 0 Å². The van der Waals surface area contributed by atoms with Gasteiger partial charge in [0.25, 0.3) is 0 Å². The highest BCUT2D eigenvalue weighted by Gasteiger charge is 2.33. The summed E-state index contributed by atoms with van der Waals surface area (Å²) < 4.78 is 38.9. The van der Waals surface area contributed by atoms with E-state index in [4.69, 9.17) is 0 Å². The molecule has 4 heteroatoms. The van der Waals surface area contributed by atoms with Crippen LogP contribution in [0.25, 0.3) is 0 Å². The van der Waals surface area contributed by atoms with Crippen LogP contribution in [0.4, 0.5) is 13.2 Å². The van der Waals surface area contributed by atoms with Crippen molar-refractivity contribution in [3.8, 4) is 0 Å². The number of likely N-dealkylation sites (tertiary alicyclic amines) is 1. The number of piperidine rings is 1. The predicted molar refractivity (Wildman–Crippen MR) is 79.6 cm³/mol. The zero-order chi connectivity index (χ0) is 15.8. The minimum atomic E-state index is -4.27. The smallest absolute Gasteiger partial charge is 0.306 e. The van der Waals surface area contributed by atoms with E-state index in [1.165, 1.54) is 12.1 Å². The first-order valence-electron chi connectivity index (χ1n) is 7.49. The molecule has 0 unspecified atom stereocenters. The van der Waals surface area contributed by atoms with Gasteiger partial charge in [0.05, 0.1) is 5.56 Å². The van der Waals surface area contributed by atoms with Crippen molar-refractivity contribution >= 4 is 0 Å². The second-order valence-corrected chi connectivity index (χ2v) is 7.13. The summed E-state index contributed by atoms with van der Waals surface area (Å²) in [5.74, 6) is 0.373. The van der Waals surface area contributed by atoms with Gasteiger partial charge >= 0.3 is 6.18 Å². The first kappa shape index (κ1) is 16.3. The van der Waals surface area contributed by atoms with Gasteiger partial charge in [-0.1, -0.05) is 26.8 Å². The second kappa shape index (κ2) is 5.64. The quantitative estimate of drug-likeness (QED) is 0.719. The van der Waals surface area contributed by atoms with E-state index in [-0.39, 0.29) is 5.41 Å². The van der Waals surface area contributed by atoms with Gasteiger partial charge in [-0.2, -0.15) is 13.2 Å². The zero-order valence-corrected chi connectivity index (χ0v) is 13.2. The van der Waals surface area contributed by atoms with Crippen molar-refractivity contribution in [3.05, 3.63) is 34.9 Å².